The van der Waals surface area contributed by atoms with Crippen LogP contribution >= 0.6 is 11.8 Å². The Kier molecular flexibility index (Phi) is 5.49. The molecule has 1 aliphatic rings. The van der Waals surface area contributed by atoms with Crippen LogP contribution in [0, 0.1) is 0 Å². The van der Waals surface area contributed by atoms with E-state index in [1.54, 1.807) is 13.0 Å². The molecule has 0 aliphatic carbocycles. The van der Waals surface area contributed by atoms with Crippen LogP contribution in [0.1, 0.15) is 26.3 Å². The number of hydrogen-bond donors (Lipinski definition) is 0. The molecule has 1 heterocycles. The van der Waals surface area contributed by atoms with Gasteiger partial charge in [0.05, 0.1) is 18.1 Å². The molecule has 0 saturated carbocycles. The molecule has 1 aromatic rings. The van der Waals surface area contributed by atoms with Crippen molar-refractivity contribution in [1.82, 2.24) is 4.90 Å². The quantitative estimate of drug-likeness (QED) is 0.750. The maximum Gasteiger partial charge on any atom is 0.293 e. The van der Waals surface area contributed by atoms with E-state index in [4.69, 9.17) is 9.47 Å². The van der Waals surface area contributed by atoms with Gasteiger partial charge in [0.2, 0.25) is 0 Å². The van der Waals surface area contributed by atoms with Crippen LogP contribution in [-0.2, 0) is 4.79 Å². The van der Waals surface area contributed by atoms with Crippen LogP contribution in [0.15, 0.2) is 23.1 Å². The zero-order chi connectivity index (χ0) is 16.1. The number of benzene rings is 1. The minimum absolute atomic E-state index is 0.227. The summed E-state index contributed by atoms with van der Waals surface area (Å²) in [5.74, 6) is 1.06. The molecule has 2 amide bonds. The Morgan fingerprint density at radius 3 is 2.36 bits per heavy atom. The predicted octanol–water partition coefficient (Wildman–Crippen LogP) is 3.54. The summed E-state index contributed by atoms with van der Waals surface area (Å²) in [6.45, 7) is 7.04. The van der Waals surface area contributed by atoms with Gasteiger partial charge in [0, 0.05) is 6.54 Å². The van der Waals surface area contributed by atoms with E-state index in [2.05, 4.69) is 0 Å². The normalized spacial score (nSPS) is 16.5. The van der Waals surface area contributed by atoms with Crippen molar-refractivity contribution in [3.05, 3.63) is 28.7 Å². The van der Waals surface area contributed by atoms with E-state index in [9.17, 15) is 9.59 Å². The molecule has 0 radical (unpaired) electrons. The van der Waals surface area contributed by atoms with Crippen LogP contribution < -0.4 is 9.47 Å². The summed E-state index contributed by atoms with van der Waals surface area (Å²) in [6.07, 6.45) is 1.71. The van der Waals surface area contributed by atoms with Gasteiger partial charge in [-0.1, -0.05) is 6.07 Å². The lowest BCUT2D eigenvalue weighted by atomic mass is 10.2. The van der Waals surface area contributed by atoms with Crippen LogP contribution in [0.4, 0.5) is 4.79 Å². The van der Waals surface area contributed by atoms with Crippen molar-refractivity contribution in [2.24, 2.45) is 0 Å². The predicted molar refractivity (Wildman–Crippen MR) is 87.1 cm³/mol. The Morgan fingerprint density at radius 1 is 1.09 bits per heavy atom. The second kappa shape index (κ2) is 7.35. The number of nitrogens with zero attached hydrogens (tertiary/aromatic N) is 1. The number of carbonyl (C=O) groups is 2. The highest BCUT2D eigenvalue weighted by atomic mass is 32.2. The summed E-state index contributed by atoms with van der Waals surface area (Å²) < 4.78 is 11.1. The molecule has 1 saturated heterocycles. The molecule has 118 valence electrons. The minimum atomic E-state index is -0.246. The van der Waals surface area contributed by atoms with Crippen LogP contribution in [-0.4, -0.2) is 35.8 Å². The maximum absolute atomic E-state index is 12.1. The van der Waals surface area contributed by atoms with Crippen molar-refractivity contribution in [2.45, 2.75) is 20.8 Å². The molecule has 2 rings (SSSR count). The van der Waals surface area contributed by atoms with Gasteiger partial charge in [-0.2, -0.15) is 0 Å². The summed E-state index contributed by atoms with van der Waals surface area (Å²) in [5, 5.41) is -0.227. The van der Waals surface area contributed by atoms with Crippen molar-refractivity contribution >= 4 is 29.0 Å². The van der Waals surface area contributed by atoms with E-state index in [0.717, 1.165) is 17.3 Å². The van der Waals surface area contributed by atoms with Gasteiger partial charge in [-0.05, 0) is 56.3 Å². The fourth-order valence-corrected chi connectivity index (χ4v) is 2.98. The van der Waals surface area contributed by atoms with Crippen LogP contribution in [0.5, 0.6) is 11.5 Å². The highest BCUT2D eigenvalue weighted by Gasteiger charge is 2.33. The molecule has 0 bridgehead atoms. The number of likely N-dealkylation sites (N-methyl/N-ethyl adjacent to an activating group) is 1. The fourth-order valence-electron chi connectivity index (χ4n) is 2.08. The molecule has 0 atom stereocenters. The highest BCUT2D eigenvalue weighted by molar-refractivity contribution is 8.18. The van der Waals surface area contributed by atoms with E-state index in [0.29, 0.717) is 36.2 Å². The lowest BCUT2D eigenvalue weighted by Crippen LogP contribution is -2.27. The van der Waals surface area contributed by atoms with Gasteiger partial charge in [-0.3, -0.25) is 14.5 Å². The molecule has 6 heteroatoms. The number of amides is 2. The standard InChI is InChI=1S/C16H19NO4S/c1-4-17-15(18)14(22-16(17)19)10-11-7-8-12(20-5-2)13(9-11)21-6-3/h7-10H,4-6H2,1-3H3. The first-order valence-corrected chi connectivity index (χ1v) is 8.07. The highest BCUT2D eigenvalue weighted by Crippen LogP contribution is 2.34. The Hall–Kier alpha value is -1.95. The number of thioether (sulfide) groups is 1. The van der Waals surface area contributed by atoms with Crippen LogP contribution in [0.3, 0.4) is 0 Å². The Balaban J connectivity index is 2.30. The molecular formula is C16H19NO4S. The summed E-state index contributed by atoms with van der Waals surface area (Å²) in [6, 6.07) is 5.46. The summed E-state index contributed by atoms with van der Waals surface area (Å²) in [7, 11) is 0. The number of hydrogen-bond acceptors (Lipinski definition) is 5. The summed E-state index contributed by atoms with van der Waals surface area (Å²) in [4.78, 5) is 25.5. The molecule has 5 nitrogen and oxygen atoms in total. The van der Waals surface area contributed by atoms with E-state index in [-0.39, 0.29) is 11.1 Å². The molecule has 22 heavy (non-hydrogen) atoms. The average molecular weight is 321 g/mol. The molecule has 0 spiro atoms. The SMILES string of the molecule is CCOc1ccc(C=C2SC(=O)N(CC)C2=O)cc1OCC. The Bertz CT molecular complexity index is 612. The third-order valence-corrected chi connectivity index (χ3v) is 3.96. The third-order valence-electron chi connectivity index (χ3n) is 3.06. The van der Waals surface area contributed by atoms with Crippen molar-refractivity contribution in [3.8, 4) is 11.5 Å². The molecular weight excluding hydrogens is 302 g/mol. The van der Waals surface area contributed by atoms with Gasteiger partial charge >= 0.3 is 0 Å². The Labute approximate surface area is 134 Å². The second-order valence-electron chi connectivity index (χ2n) is 4.50. The largest absolute Gasteiger partial charge is 0.490 e. The van der Waals surface area contributed by atoms with E-state index < -0.39 is 0 Å². The van der Waals surface area contributed by atoms with Gasteiger partial charge in [0.1, 0.15) is 0 Å². The van der Waals surface area contributed by atoms with Crippen LogP contribution in [0.25, 0.3) is 6.08 Å². The molecule has 0 N–H and O–H groups in total. The van der Waals surface area contributed by atoms with Crippen molar-refractivity contribution in [2.75, 3.05) is 19.8 Å². The molecule has 1 aromatic carbocycles. The van der Waals surface area contributed by atoms with E-state index in [1.165, 1.54) is 4.90 Å². The molecule has 0 unspecified atom stereocenters. The molecule has 1 aliphatic heterocycles. The Morgan fingerprint density at radius 2 is 1.77 bits per heavy atom. The second-order valence-corrected chi connectivity index (χ2v) is 5.49. The number of imide groups is 1. The molecule has 1 fully saturated rings. The minimum Gasteiger partial charge on any atom is -0.490 e. The zero-order valence-electron chi connectivity index (χ0n) is 12.9. The maximum atomic E-state index is 12.1. The zero-order valence-corrected chi connectivity index (χ0v) is 13.7. The first kappa shape index (κ1) is 16.4. The van der Waals surface area contributed by atoms with E-state index in [1.807, 2.05) is 32.0 Å². The van der Waals surface area contributed by atoms with Gasteiger partial charge < -0.3 is 9.47 Å². The first-order valence-electron chi connectivity index (χ1n) is 7.25. The van der Waals surface area contributed by atoms with Gasteiger partial charge in [0.25, 0.3) is 11.1 Å². The van der Waals surface area contributed by atoms with Crippen LogP contribution in [0.2, 0.25) is 0 Å². The average Bonchev–Trinajstić information content (AvgIpc) is 2.76. The van der Waals surface area contributed by atoms with Crippen molar-refractivity contribution < 1.29 is 19.1 Å². The molecule has 0 aromatic heterocycles. The van der Waals surface area contributed by atoms with Gasteiger partial charge in [-0.25, -0.2) is 0 Å². The first-order chi connectivity index (χ1) is 10.6. The lowest BCUT2D eigenvalue weighted by molar-refractivity contribution is -0.122. The summed E-state index contributed by atoms with van der Waals surface area (Å²) in [5.41, 5.74) is 0.800. The van der Waals surface area contributed by atoms with E-state index >= 15 is 0 Å². The smallest absolute Gasteiger partial charge is 0.293 e. The lowest BCUT2D eigenvalue weighted by Gasteiger charge is -2.11. The van der Waals surface area contributed by atoms with Gasteiger partial charge in [0.15, 0.2) is 11.5 Å². The fraction of sp³-hybridized carbons (Fsp3) is 0.375. The third kappa shape index (κ3) is 3.44. The van der Waals surface area contributed by atoms with Crippen molar-refractivity contribution in [1.29, 1.82) is 0 Å². The number of rotatable bonds is 6. The number of carbonyl (C=O) groups excluding carboxylic acids is 2. The van der Waals surface area contributed by atoms with Crippen molar-refractivity contribution in [3.63, 3.8) is 0 Å². The number of ether oxygens (including phenoxy) is 2. The monoisotopic (exact) mass is 321 g/mol. The summed E-state index contributed by atoms with van der Waals surface area (Å²) >= 11 is 0.961. The topological polar surface area (TPSA) is 55.8 Å². The van der Waals surface area contributed by atoms with Gasteiger partial charge in [-0.15, -0.1) is 0 Å².